The van der Waals surface area contributed by atoms with Crippen LogP contribution in [0.1, 0.15) is 43.7 Å². The van der Waals surface area contributed by atoms with Crippen molar-refractivity contribution in [2.24, 2.45) is 0 Å². The van der Waals surface area contributed by atoms with E-state index in [1.165, 1.54) is 6.92 Å². The van der Waals surface area contributed by atoms with Crippen molar-refractivity contribution in [3.05, 3.63) is 68.7 Å². The third kappa shape index (κ3) is 7.67. The minimum absolute atomic E-state index is 0.246. The van der Waals surface area contributed by atoms with Crippen molar-refractivity contribution in [2.45, 2.75) is 56.7 Å². The maximum absolute atomic E-state index is 11.7. The molecule has 1 unspecified atom stereocenters. The van der Waals surface area contributed by atoms with E-state index >= 15 is 0 Å². The number of halogens is 1. The van der Waals surface area contributed by atoms with Crippen molar-refractivity contribution >= 4 is 76.9 Å². The summed E-state index contributed by atoms with van der Waals surface area (Å²) in [5.74, 6) is -0.336. The first-order chi connectivity index (χ1) is 18.7. The quantitative estimate of drug-likeness (QED) is 0.184. The zero-order valence-electron chi connectivity index (χ0n) is 22.4. The van der Waals surface area contributed by atoms with Gasteiger partial charge in [-0.25, -0.2) is 0 Å². The molecule has 0 bridgehead atoms. The number of fused-ring (bicyclic) bond motifs is 2. The van der Waals surface area contributed by atoms with Crippen LogP contribution in [0.3, 0.4) is 0 Å². The van der Waals surface area contributed by atoms with Gasteiger partial charge in [0.1, 0.15) is 4.70 Å². The number of aryl methyl sites for hydroxylation is 2. The Labute approximate surface area is 248 Å². The molecule has 1 atom stereocenters. The summed E-state index contributed by atoms with van der Waals surface area (Å²) in [5, 5.41) is 1.57. The minimum atomic E-state index is -4.13. The van der Waals surface area contributed by atoms with Crippen LogP contribution < -0.4 is 9.47 Å². The lowest BCUT2D eigenvalue weighted by molar-refractivity contribution is -0.668. The molecule has 0 saturated carbocycles. The number of rotatable bonds is 11. The van der Waals surface area contributed by atoms with Gasteiger partial charge in [-0.05, 0) is 68.2 Å². The van der Waals surface area contributed by atoms with E-state index in [0.717, 1.165) is 42.0 Å². The Morgan fingerprint density at radius 1 is 1.15 bits per heavy atom. The van der Waals surface area contributed by atoms with Crippen LogP contribution in [0, 0.1) is 6.92 Å². The first-order valence-electron chi connectivity index (χ1n) is 12.8. The molecular formula is C27H32ClN2O6S4+. The lowest BCUT2D eigenvalue weighted by atomic mass is 10.1. The molecule has 0 amide bonds. The maximum Gasteiger partial charge on any atom is 0.267 e. The van der Waals surface area contributed by atoms with E-state index in [9.17, 15) is 25.9 Å². The molecule has 4 rings (SSSR count). The van der Waals surface area contributed by atoms with Gasteiger partial charge in [-0.2, -0.15) is 21.4 Å². The molecule has 2 heterocycles. The summed E-state index contributed by atoms with van der Waals surface area (Å²) in [7, 11) is -8.21. The number of hydrogen-bond acceptors (Lipinski definition) is 7. The third-order valence-corrected chi connectivity index (χ3v) is 11.2. The summed E-state index contributed by atoms with van der Waals surface area (Å²) >= 11 is 9.46. The maximum atomic E-state index is 11.7. The molecule has 0 radical (unpaired) electrons. The zero-order chi connectivity index (χ0) is 29.2. The Balaban J connectivity index is 1.72. The van der Waals surface area contributed by atoms with Gasteiger partial charge in [0.05, 0.1) is 21.7 Å². The number of thiazole rings is 1. The summed E-state index contributed by atoms with van der Waals surface area (Å²) in [4.78, 5) is 3.17. The topological polar surface area (TPSA) is 116 Å². The Bertz CT molecular complexity index is 1700. The number of anilines is 1. The second-order valence-electron chi connectivity index (χ2n) is 9.74. The van der Waals surface area contributed by atoms with Gasteiger partial charge in [0.2, 0.25) is 5.52 Å². The first kappa shape index (κ1) is 31.0. The number of hydrogen-bond donors (Lipinski definition) is 2. The van der Waals surface area contributed by atoms with Crippen molar-refractivity contribution in [3.8, 4) is 0 Å². The fourth-order valence-electron chi connectivity index (χ4n) is 4.39. The normalized spacial score (nSPS) is 16.2. The molecule has 2 N–H and O–H groups in total. The molecule has 8 nitrogen and oxygen atoms in total. The van der Waals surface area contributed by atoms with Crippen LogP contribution in [0.15, 0.2) is 58.0 Å². The summed E-state index contributed by atoms with van der Waals surface area (Å²) in [6, 6.07) is 11.8. The summed E-state index contributed by atoms with van der Waals surface area (Å²) in [6.07, 6.45) is 5.40. The molecule has 3 aromatic rings. The molecule has 0 spiro atoms. The number of allylic oxidation sites excluding steroid dienone is 2. The lowest BCUT2D eigenvalue weighted by Gasteiger charge is -2.22. The van der Waals surface area contributed by atoms with Crippen LogP contribution in [0.5, 0.6) is 0 Å². The average Bonchev–Trinajstić information content (AvgIpc) is 3.37. The van der Waals surface area contributed by atoms with Crippen molar-refractivity contribution in [1.82, 2.24) is 0 Å². The van der Waals surface area contributed by atoms with Crippen molar-refractivity contribution in [2.75, 3.05) is 17.2 Å². The van der Waals surface area contributed by atoms with Crippen LogP contribution >= 0.6 is 34.7 Å². The Hall–Kier alpha value is -1.93. The van der Waals surface area contributed by atoms with Gasteiger partial charge in [0, 0.05) is 35.0 Å². The monoisotopic (exact) mass is 643 g/mol. The standard InChI is InChI=1S/C27H31ClN2O6S4/c1-4-20(15-26-29(11-5-13-39(31,32)33)23-17-21(28)7-9-25(23)38-26)16-27-30(12-10-19(3)40(34,35)36)22-14-18(2)6-8-24(22)37-27/h6-9,14-17,19H,4-5,10-13H2,1-3H3,(H-,31,32,33,34,35,36)/p+1. The third-order valence-electron chi connectivity index (χ3n) is 6.66. The molecule has 1 aliphatic heterocycles. The van der Waals surface area contributed by atoms with Gasteiger partial charge < -0.3 is 4.90 Å². The van der Waals surface area contributed by atoms with Crippen LogP contribution in [0.4, 0.5) is 5.69 Å². The summed E-state index contributed by atoms with van der Waals surface area (Å²) in [6.45, 7) is 6.38. The number of aromatic nitrogens is 1. The van der Waals surface area contributed by atoms with E-state index in [1.807, 2.05) is 35.8 Å². The zero-order valence-corrected chi connectivity index (χ0v) is 26.4. The number of thioether (sulfide) groups is 1. The molecular weight excluding hydrogens is 612 g/mol. The summed E-state index contributed by atoms with van der Waals surface area (Å²) < 4.78 is 67.7. The predicted octanol–water partition coefficient (Wildman–Crippen LogP) is 6.34. The molecule has 0 fully saturated rings. The Morgan fingerprint density at radius 3 is 2.58 bits per heavy atom. The van der Waals surface area contributed by atoms with Gasteiger partial charge >= 0.3 is 0 Å². The first-order valence-corrected chi connectivity index (χ1v) is 17.9. The van der Waals surface area contributed by atoms with E-state index in [0.29, 0.717) is 24.5 Å². The van der Waals surface area contributed by atoms with Crippen LogP contribution in [0.25, 0.3) is 16.3 Å². The molecule has 0 saturated heterocycles. The second-order valence-corrected chi connectivity index (χ2v) is 15.7. The second kappa shape index (κ2) is 12.5. The molecule has 40 heavy (non-hydrogen) atoms. The van der Waals surface area contributed by atoms with E-state index in [1.54, 1.807) is 23.1 Å². The average molecular weight is 644 g/mol. The molecule has 1 aliphatic rings. The summed E-state index contributed by atoms with van der Waals surface area (Å²) in [5.41, 5.74) is 4.02. The minimum Gasteiger partial charge on any atom is -0.335 e. The largest absolute Gasteiger partial charge is 0.335 e. The number of nitrogens with zero attached hydrogens (tertiary/aromatic N) is 2. The predicted molar refractivity (Wildman–Crippen MR) is 164 cm³/mol. The van der Waals surface area contributed by atoms with E-state index in [-0.39, 0.29) is 18.6 Å². The van der Waals surface area contributed by atoms with Gasteiger partial charge in [-0.3, -0.25) is 9.11 Å². The van der Waals surface area contributed by atoms with Gasteiger partial charge in [0.15, 0.2) is 6.54 Å². The van der Waals surface area contributed by atoms with E-state index < -0.39 is 25.5 Å². The SMILES string of the molecule is CCC(=Cc1sc2ccc(Cl)cc2[n+]1CCCS(=O)(=O)O)C=C1Sc2ccc(C)cc2N1CCC(C)S(=O)(=O)O. The highest BCUT2D eigenvalue weighted by molar-refractivity contribution is 8.03. The smallest absolute Gasteiger partial charge is 0.267 e. The fraction of sp³-hybridized carbons (Fsp3) is 0.370. The fourth-order valence-corrected chi connectivity index (χ4v) is 7.74. The van der Waals surface area contributed by atoms with Gasteiger partial charge in [-0.1, -0.05) is 47.7 Å². The van der Waals surface area contributed by atoms with Crippen molar-refractivity contribution < 1.29 is 30.5 Å². The van der Waals surface area contributed by atoms with Crippen LogP contribution in [-0.4, -0.2) is 43.5 Å². The highest BCUT2D eigenvalue weighted by Gasteiger charge is 2.28. The molecule has 1 aromatic heterocycles. The Kier molecular flexibility index (Phi) is 9.71. The van der Waals surface area contributed by atoms with Crippen molar-refractivity contribution in [3.63, 3.8) is 0 Å². The van der Waals surface area contributed by atoms with Crippen molar-refractivity contribution in [1.29, 1.82) is 0 Å². The molecule has 216 valence electrons. The number of benzene rings is 2. The molecule has 2 aromatic carbocycles. The molecule has 13 heteroatoms. The highest BCUT2D eigenvalue weighted by atomic mass is 35.5. The van der Waals surface area contributed by atoms with Gasteiger partial charge in [0.25, 0.3) is 25.2 Å². The van der Waals surface area contributed by atoms with Crippen LogP contribution in [0.2, 0.25) is 5.02 Å². The van der Waals surface area contributed by atoms with E-state index in [4.69, 9.17) is 11.6 Å². The van der Waals surface area contributed by atoms with Crippen LogP contribution in [-0.2, 0) is 26.8 Å². The highest BCUT2D eigenvalue weighted by Crippen LogP contribution is 2.47. The van der Waals surface area contributed by atoms with E-state index in [2.05, 4.69) is 36.1 Å². The lowest BCUT2D eigenvalue weighted by Crippen LogP contribution is -2.36. The molecule has 0 aliphatic carbocycles. The van der Waals surface area contributed by atoms with Gasteiger partial charge in [-0.15, -0.1) is 0 Å². The Morgan fingerprint density at radius 2 is 1.90 bits per heavy atom.